The Morgan fingerprint density at radius 3 is 3.00 bits per heavy atom. The van der Waals surface area contributed by atoms with Gasteiger partial charge in [0.1, 0.15) is 11.8 Å². The molecule has 0 bridgehead atoms. The van der Waals surface area contributed by atoms with E-state index in [0.29, 0.717) is 6.42 Å². The predicted molar refractivity (Wildman–Crippen MR) is 80.2 cm³/mol. The molecule has 0 spiro atoms. The van der Waals surface area contributed by atoms with Crippen LogP contribution in [0.25, 0.3) is 10.9 Å². The number of esters is 1. The molecular weight excluding hydrogens is 268 g/mol. The summed E-state index contributed by atoms with van der Waals surface area (Å²) in [5.41, 5.74) is 7.85. The summed E-state index contributed by atoms with van der Waals surface area (Å²) in [5, 5.41) is 1.04. The van der Waals surface area contributed by atoms with Crippen molar-refractivity contribution in [3.8, 4) is 5.75 Å². The second-order valence-electron chi connectivity index (χ2n) is 5.61. The Kier molecular flexibility index (Phi) is 3.84. The molecule has 0 saturated heterocycles. The number of ether oxygens (including phenoxy) is 2. The van der Waals surface area contributed by atoms with E-state index < -0.39 is 12.0 Å². The zero-order valence-electron chi connectivity index (χ0n) is 12.1. The maximum absolute atomic E-state index is 11.4. The Morgan fingerprint density at radius 1 is 1.48 bits per heavy atom. The van der Waals surface area contributed by atoms with Gasteiger partial charge in [-0.1, -0.05) is 0 Å². The number of H-pyrrole nitrogens is 1. The first-order chi connectivity index (χ1) is 10.2. The Labute approximate surface area is 123 Å². The molecule has 3 rings (SSSR count). The molecule has 0 amide bonds. The molecule has 1 heterocycles. The molecular formula is C16H20N2O3. The lowest BCUT2D eigenvalue weighted by atomic mass is 10.1. The monoisotopic (exact) mass is 288 g/mol. The Bertz CT molecular complexity index is 646. The molecule has 3 N–H and O–H groups in total. The molecule has 21 heavy (non-hydrogen) atoms. The summed E-state index contributed by atoms with van der Waals surface area (Å²) in [5.74, 6) is 1.19. The number of hydrogen-bond acceptors (Lipinski definition) is 4. The molecule has 1 fully saturated rings. The van der Waals surface area contributed by atoms with E-state index in [4.69, 9.17) is 10.5 Å². The Balaban J connectivity index is 1.77. The van der Waals surface area contributed by atoms with Crippen molar-refractivity contribution in [2.45, 2.75) is 25.3 Å². The zero-order valence-corrected chi connectivity index (χ0v) is 12.1. The fourth-order valence-electron chi connectivity index (χ4n) is 2.39. The predicted octanol–water partition coefficient (Wildman–Crippen LogP) is 2.00. The molecule has 1 unspecified atom stereocenters. The van der Waals surface area contributed by atoms with Gasteiger partial charge >= 0.3 is 5.97 Å². The molecule has 2 aromatic rings. The zero-order chi connectivity index (χ0) is 14.8. The molecule has 1 aliphatic carbocycles. The van der Waals surface area contributed by atoms with Gasteiger partial charge in [0.2, 0.25) is 0 Å². The highest BCUT2D eigenvalue weighted by molar-refractivity contribution is 5.85. The summed E-state index contributed by atoms with van der Waals surface area (Å²) in [6, 6.07) is 5.31. The third-order valence-corrected chi connectivity index (χ3v) is 3.87. The summed E-state index contributed by atoms with van der Waals surface area (Å²) in [4.78, 5) is 14.6. The number of methoxy groups -OCH3 is 1. The van der Waals surface area contributed by atoms with Crippen molar-refractivity contribution in [3.63, 3.8) is 0 Å². The van der Waals surface area contributed by atoms with E-state index >= 15 is 0 Å². The van der Waals surface area contributed by atoms with Gasteiger partial charge in [0.15, 0.2) is 0 Å². The molecule has 1 atom stereocenters. The van der Waals surface area contributed by atoms with Crippen LogP contribution in [0.15, 0.2) is 24.4 Å². The number of carbonyl (C=O) groups is 1. The van der Waals surface area contributed by atoms with Crippen LogP contribution in [0.2, 0.25) is 0 Å². The molecule has 5 heteroatoms. The Hall–Kier alpha value is -2.01. The number of fused-ring (bicyclic) bond motifs is 1. The van der Waals surface area contributed by atoms with Gasteiger partial charge in [0, 0.05) is 23.5 Å². The van der Waals surface area contributed by atoms with Crippen molar-refractivity contribution in [2.75, 3.05) is 13.7 Å². The fourth-order valence-corrected chi connectivity index (χ4v) is 2.39. The van der Waals surface area contributed by atoms with Crippen LogP contribution >= 0.6 is 0 Å². The first-order valence-corrected chi connectivity index (χ1v) is 7.23. The van der Waals surface area contributed by atoms with Gasteiger partial charge in [-0.2, -0.15) is 0 Å². The van der Waals surface area contributed by atoms with Crippen LogP contribution < -0.4 is 10.5 Å². The minimum atomic E-state index is -0.648. The number of carbonyl (C=O) groups excluding carboxylic acids is 1. The highest BCUT2D eigenvalue weighted by atomic mass is 16.5. The summed E-state index contributed by atoms with van der Waals surface area (Å²) >= 11 is 0. The van der Waals surface area contributed by atoms with Crippen LogP contribution in [0.4, 0.5) is 0 Å². The number of hydrogen-bond donors (Lipinski definition) is 2. The fraction of sp³-hybridized carbons (Fsp3) is 0.438. The molecule has 1 saturated carbocycles. The minimum absolute atomic E-state index is 0.398. The van der Waals surface area contributed by atoms with E-state index in [-0.39, 0.29) is 0 Å². The maximum atomic E-state index is 11.4. The number of aromatic amines is 1. The topological polar surface area (TPSA) is 77.3 Å². The minimum Gasteiger partial charge on any atom is -0.493 e. The van der Waals surface area contributed by atoms with Gasteiger partial charge in [0.05, 0.1) is 13.7 Å². The SMILES string of the molecule is COC(=O)C(N)Cc1c[nH]c2ccc(OCC3CC3)cc12. The number of benzene rings is 1. The van der Waals surface area contributed by atoms with E-state index in [1.807, 2.05) is 24.4 Å². The van der Waals surface area contributed by atoms with E-state index in [9.17, 15) is 4.79 Å². The van der Waals surface area contributed by atoms with Crippen LogP contribution in [0.1, 0.15) is 18.4 Å². The van der Waals surface area contributed by atoms with Crippen molar-refractivity contribution >= 4 is 16.9 Å². The standard InChI is InChI=1S/C16H20N2O3/c1-20-16(19)14(17)6-11-8-18-15-5-4-12(7-13(11)15)21-9-10-2-3-10/h4-5,7-8,10,14,18H,2-3,6,9,17H2,1H3. The number of nitrogens with one attached hydrogen (secondary N) is 1. The molecule has 1 aromatic heterocycles. The van der Waals surface area contributed by atoms with Gasteiger partial charge < -0.3 is 20.2 Å². The van der Waals surface area contributed by atoms with Crippen LogP contribution in [0, 0.1) is 5.92 Å². The van der Waals surface area contributed by atoms with E-state index in [0.717, 1.165) is 34.7 Å². The van der Waals surface area contributed by atoms with E-state index in [2.05, 4.69) is 9.72 Å². The maximum Gasteiger partial charge on any atom is 0.322 e. The third kappa shape index (κ3) is 3.19. The molecule has 0 radical (unpaired) electrons. The average Bonchev–Trinajstić information content (AvgIpc) is 3.26. The van der Waals surface area contributed by atoms with Crippen LogP contribution in [0.5, 0.6) is 5.75 Å². The summed E-state index contributed by atoms with van der Waals surface area (Å²) in [6.45, 7) is 0.785. The third-order valence-electron chi connectivity index (χ3n) is 3.87. The second-order valence-corrected chi connectivity index (χ2v) is 5.61. The first kappa shape index (κ1) is 13.9. The Morgan fingerprint density at radius 2 is 2.29 bits per heavy atom. The van der Waals surface area contributed by atoms with Gasteiger partial charge in [0.25, 0.3) is 0 Å². The van der Waals surface area contributed by atoms with E-state index in [1.54, 1.807) is 0 Å². The smallest absolute Gasteiger partial charge is 0.322 e. The van der Waals surface area contributed by atoms with Gasteiger partial charge in [-0.25, -0.2) is 0 Å². The quantitative estimate of drug-likeness (QED) is 0.797. The van der Waals surface area contributed by atoms with Crippen LogP contribution in [0.3, 0.4) is 0 Å². The normalized spacial score (nSPS) is 15.9. The van der Waals surface area contributed by atoms with Crippen LogP contribution in [-0.2, 0) is 16.0 Å². The van der Waals surface area contributed by atoms with Crippen molar-refractivity contribution in [2.24, 2.45) is 11.7 Å². The van der Waals surface area contributed by atoms with Crippen LogP contribution in [-0.4, -0.2) is 30.7 Å². The summed E-state index contributed by atoms with van der Waals surface area (Å²) in [7, 11) is 1.35. The first-order valence-electron chi connectivity index (χ1n) is 7.23. The summed E-state index contributed by atoms with van der Waals surface area (Å²) in [6.07, 6.45) is 4.87. The highest BCUT2D eigenvalue weighted by Crippen LogP contribution is 2.30. The molecule has 0 aliphatic heterocycles. The largest absolute Gasteiger partial charge is 0.493 e. The second kappa shape index (κ2) is 5.77. The van der Waals surface area contributed by atoms with Gasteiger partial charge in [-0.15, -0.1) is 0 Å². The lowest BCUT2D eigenvalue weighted by molar-refractivity contribution is -0.142. The lowest BCUT2D eigenvalue weighted by Crippen LogP contribution is -2.33. The van der Waals surface area contributed by atoms with Crippen molar-refractivity contribution in [1.82, 2.24) is 4.98 Å². The highest BCUT2D eigenvalue weighted by Gasteiger charge is 2.22. The van der Waals surface area contributed by atoms with Gasteiger partial charge in [-0.3, -0.25) is 4.79 Å². The lowest BCUT2D eigenvalue weighted by Gasteiger charge is -2.09. The number of aromatic nitrogens is 1. The average molecular weight is 288 g/mol. The summed E-state index contributed by atoms with van der Waals surface area (Å²) < 4.78 is 10.5. The molecule has 1 aromatic carbocycles. The van der Waals surface area contributed by atoms with Crippen molar-refractivity contribution in [3.05, 3.63) is 30.0 Å². The molecule has 1 aliphatic rings. The number of nitrogens with two attached hydrogens (primary N) is 1. The molecule has 112 valence electrons. The van der Waals surface area contributed by atoms with Crippen molar-refractivity contribution < 1.29 is 14.3 Å². The van der Waals surface area contributed by atoms with Crippen molar-refractivity contribution in [1.29, 1.82) is 0 Å². The van der Waals surface area contributed by atoms with E-state index in [1.165, 1.54) is 20.0 Å². The van der Waals surface area contributed by atoms with Gasteiger partial charge in [-0.05, 0) is 42.5 Å². The molecule has 5 nitrogen and oxygen atoms in total. The number of rotatable bonds is 6.